The highest BCUT2D eigenvalue weighted by Gasteiger charge is 2.40. The molecule has 0 spiro atoms. The minimum Gasteiger partial charge on any atom is -0.456 e. The van der Waals surface area contributed by atoms with Gasteiger partial charge in [-0.1, -0.05) is 214 Å². The summed E-state index contributed by atoms with van der Waals surface area (Å²) in [5.74, 6) is 2.86. The summed E-state index contributed by atoms with van der Waals surface area (Å²) in [6, 6.07) is 51.2. The van der Waals surface area contributed by atoms with E-state index in [0.717, 1.165) is 49.6 Å². The first-order chi connectivity index (χ1) is 44.2. The van der Waals surface area contributed by atoms with Crippen LogP contribution in [0.25, 0.3) is 84.0 Å². The van der Waals surface area contributed by atoms with E-state index in [1.165, 1.54) is 0 Å². The maximum Gasteiger partial charge on any atom is 0.503 e. The fourth-order valence-electron chi connectivity index (χ4n) is 10.7. The molecule has 0 fully saturated rings. The monoisotopic (exact) mass is 1090 g/mol. The molecule has 0 saturated heterocycles. The molecular weight excluding hydrogens is 1010 g/mol. The fourth-order valence-corrected chi connectivity index (χ4v) is 10.7. The first-order valence-corrected chi connectivity index (χ1v) is 27.7. The quantitative estimate of drug-likeness (QED) is 0.128. The van der Waals surface area contributed by atoms with Gasteiger partial charge >= 0.3 is 6.01 Å². The fraction of sp³-hybridized carbons (Fsp3) is 0.160. The van der Waals surface area contributed by atoms with Crippen molar-refractivity contribution in [3.05, 3.63) is 247 Å². The third-order valence-corrected chi connectivity index (χ3v) is 15.2. The second-order valence-electron chi connectivity index (χ2n) is 23.9. The Balaban J connectivity index is 1.08. The van der Waals surface area contributed by atoms with Gasteiger partial charge in [0.1, 0.15) is 17.3 Å². The molecule has 9 aromatic carbocycles. The summed E-state index contributed by atoms with van der Waals surface area (Å²) in [6.07, 6.45) is 1.77. The predicted octanol–water partition coefficient (Wildman–Crippen LogP) is 19.2. The van der Waals surface area contributed by atoms with Crippen LogP contribution < -0.4 is 13.9 Å². The molecule has 0 bridgehead atoms. The molecule has 0 N–H and O–H groups in total. The summed E-state index contributed by atoms with van der Waals surface area (Å²) in [5, 5.41) is 1.87. The van der Waals surface area contributed by atoms with Crippen LogP contribution in [0.3, 0.4) is 0 Å². The number of nitrogens with zero attached hydrogens (tertiary/aromatic N) is 7. The number of fused-ring (bicyclic) bond motifs is 4. The zero-order valence-corrected chi connectivity index (χ0v) is 47.7. The van der Waals surface area contributed by atoms with E-state index in [-0.39, 0.29) is 38.8 Å². The van der Waals surface area contributed by atoms with Gasteiger partial charge in [0, 0.05) is 52.4 Å². The molecule has 0 unspecified atom stereocenters. The van der Waals surface area contributed by atoms with Gasteiger partial charge in [-0.05, 0) is 95.7 Å². The van der Waals surface area contributed by atoms with Crippen LogP contribution in [0.1, 0.15) is 92.7 Å². The number of para-hydroxylation sites is 4. The van der Waals surface area contributed by atoms with Crippen LogP contribution >= 0.6 is 0 Å². The molecule has 1 aliphatic rings. The molecule has 0 atom stereocenters. The van der Waals surface area contributed by atoms with E-state index in [1.807, 2.05) is 83.4 Å². The highest BCUT2D eigenvalue weighted by molar-refractivity contribution is 6.11. The Kier molecular flexibility index (Phi) is 10.4. The summed E-state index contributed by atoms with van der Waals surface area (Å²) < 4.78 is 102. The summed E-state index contributed by atoms with van der Waals surface area (Å²) >= 11 is 0. The number of aromatic nitrogens is 5. The normalized spacial score (nSPS) is 14.3. The molecule has 0 amide bonds. The van der Waals surface area contributed by atoms with E-state index in [2.05, 4.69) is 140 Å². The van der Waals surface area contributed by atoms with Crippen molar-refractivity contribution in [3.8, 4) is 73.7 Å². The molecule has 404 valence electrons. The second-order valence-corrected chi connectivity index (χ2v) is 23.9. The molecule has 13 rings (SSSR count). The number of hydrogen-bond acceptors (Lipinski definition) is 5. The number of pyridine rings is 1. The van der Waals surface area contributed by atoms with Crippen molar-refractivity contribution in [3.63, 3.8) is 0 Å². The predicted molar refractivity (Wildman–Crippen MR) is 343 cm³/mol. The lowest BCUT2D eigenvalue weighted by atomic mass is 9.86. The van der Waals surface area contributed by atoms with Crippen LogP contribution in [-0.4, -0.2) is 30.5 Å². The molecule has 0 radical (unpaired) electrons. The summed E-state index contributed by atoms with van der Waals surface area (Å²) in [6.45, 7) is 19.4. The van der Waals surface area contributed by atoms with Crippen molar-refractivity contribution in [2.45, 2.75) is 78.6 Å². The molecular formula is C75H65N7O+2. The zero-order chi connectivity index (χ0) is 65.9. The molecule has 12 aromatic rings. The van der Waals surface area contributed by atoms with Gasteiger partial charge in [-0.25, -0.2) is 19.9 Å². The molecule has 4 heterocycles. The van der Waals surface area contributed by atoms with Crippen LogP contribution in [0.15, 0.2) is 230 Å². The van der Waals surface area contributed by atoms with Gasteiger partial charge in [0.25, 0.3) is 11.4 Å². The SMILES string of the molecule is [2H]c1c([2H])c([2H])c(-c2cccc(-c3c([2H])c([2H])c([2H])c([2H])c3[2H])c2[N+]2=C=[N+](c3cc(Oc4cc5c(cc4-c4nc(-c6ccc(C(C)(C)C)cc6)nc(-c6ccc(C(C)(C)C)cc6)n4)c4ccccc4n5-c4ccccn4)cc(C(C)(C)C)c3)c3ccccc32)c([2H])c1[2H]. The highest BCUT2D eigenvalue weighted by Crippen LogP contribution is 2.47. The third kappa shape index (κ3) is 10.0. The van der Waals surface area contributed by atoms with Crippen molar-refractivity contribution in [2.24, 2.45) is 0 Å². The van der Waals surface area contributed by atoms with Gasteiger partial charge in [0.15, 0.2) is 17.5 Å². The number of rotatable bonds is 10. The Hall–Kier alpha value is -9.88. The first kappa shape index (κ1) is 42.0. The Morgan fingerprint density at radius 2 is 0.988 bits per heavy atom. The maximum absolute atomic E-state index is 9.25. The third-order valence-electron chi connectivity index (χ3n) is 15.2. The van der Waals surface area contributed by atoms with E-state index in [0.29, 0.717) is 57.4 Å². The molecule has 83 heavy (non-hydrogen) atoms. The van der Waals surface area contributed by atoms with Gasteiger partial charge < -0.3 is 4.74 Å². The minimum absolute atomic E-state index is 0.0968. The van der Waals surface area contributed by atoms with E-state index in [1.54, 1.807) is 29.0 Å². The molecule has 3 aromatic heterocycles. The highest BCUT2D eigenvalue weighted by atomic mass is 16.5. The van der Waals surface area contributed by atoms with E-state index in [9.17, 15) is 5.48 Å². The summed E-state index contributed by atoms with van der Waals surface area (Å²) in [4.78, 5) is 20.8. The second kappa shape index (κ2) is 20.6. The van der Waals surface area contributed by atoms with Gasteiger partial charge in [0.2, 0.25) is 11.4 Å². The van der Waals surface area contributed by atoms with E-state index < -0.39 is 65.8 Å². The lowest BCUT2D eigenvalue weighted by molar-refractivity contribution is 0.480. The first-order valence-electron chi connectivity index (χ1n) is 32.7. The van der Waals surface area contributed by atoms with Gasteiger partial charge in [-0.2, -0.15) is 0 Å². The Morgan fingerprint density at radius 1 is 0.446 bits per heavy atom. The van der Waals surface area contributed by atoms with E-state index >= 15 is 0 Å². The maximum atomic E-state index is 9.25. The Bertz CT molecular complexity index is 4930. The van der Waals surface area contributed by atoms with Crippen molar-refractivity contribution < 1.29 is 18.4 Å². The minimum atomic E-state index is -0.584. The van der Waals surface area contributed by atoms with Crippen LogP contribution in [0.2, 0.25) is 0 Å². The molecule has 1 aliphatic heterocycles. The molecule has 0 aliphatic carbocycles. The average Bonchev–Trinajstić information content (AvgIpc) is 1.73. The number of ether oxygens (including phenoxy) is 1. The zero-order valence-electron chi connectivity index (χ0n) is 57.7. The average molecular weight is 1090 g/mol. The topological polar surface area (TPSA) is 71.7 Å². The molecule has 8 nitrogen and oxygen atoms in total. The van der Waals surface area contributed by atoms with Crippen molar-refractivity contribution >= 4 is 50.6 Å². The standard InChI is InChI=1S/C75H65N7O/c1-73(2,3)53-38-34-51(35-39-53)70-77-71(52-36-40-54(41-37-52)74(4,5)6)79-72(78-70)62-46-61-60-27-16-17-30-63(60)82(68-33-20-21-42-76-68)66(61)47-67(62)83-57-44-55(75(7,8)9)43-56(45-57)80-48-81(65-32-19-18-31-64(65)80)69-58(49-23-12-10-13-24-49)28-22-29-59(69)50-25-14-11-15-26-50/h10-47H,1-9H3/q+2/i10D,11D,12D,13D,14D,15D,23D,24D,25D,26D. The lowest BCUT2D eigenvalue weighted by Crippen LogP contribution is -2.12. The van der Waals surface area contributed by atoms with Gasteiger partial charge in [-0.15, -0.1) is 0 Å². The Labute approximate surface area is 500 Å². The molecule has 8 heteroatoms. The smallest absolute Gasteiger partial charge is 0.456 e. The van der Waals surface area contributed by atoms with E-state index in [4.69, 9.17) is 32.9 Å². The summed E-state index contributed by atoms with van der Waals surface area (Å²) in [7, 11) is 0. The number of hydrogen-bond donors (Lipinski definition) is 0. The van der Waals surface area contributed by atoms with Crippen LogP contribution in [0, 0.1) is 0 Å². The van der Waals surface area contributed by atoms with Crippen LogP contribution in [0.5, 0.6) is 11.5 Å². The van der Waals surface area contributed by atoms with Gasteiger partial charge in [-0.3, -0.25) is 4.57 Å². The number of benzene rings is 9. The summed E-state index contributed by atoms with van der Waals surface area (Å²) in [5.41, 5.74) is 8.27. The Morgan fingerprint density at radius 3 is 1.55 bits per heavy atom. The molecule has 0 saturated carbocycles. The van der Waals surface area contributed by atoms with Crippen molar-refractivity contribution in [1.82, 2.24) is 33.7 Å². The van der Waals surface area contributed by atoms with Crippen molar-refractivity contribution in [2.75, 3.05) is 0 Å². The van der Waals surface area contributed by atoms with Crippen LogP contribution in [0.4, 0.5) is 22.7 Å². The van der Waals surface area contributed by atoms with Crippen molar-refractivity contribution in [1.29, 1.82) is 0 Å². The van der Waals surface area contributed by atoms with Gasteiger partial charge in [0.05, 0.1) is 47.5 Å². The lowest BCUT2D eigenvalue weighted by Gasteiger charge is -2.21. The largest absolute Gasteiger partial charge is 0.503 e. The van der Waals surface area contributed by atoms with Crippen LogP contribution in [-0.2, 0) is 16.2 Å².